The normalized spacial score (nSPS) is 20.6. The molecule has 3 atom stereocenters. The van der Waals surface area contributed by atoms with Crippen LogP contribution in [0.1, 0.15) is 20.8 Å². The summed E-state index contributed by atoms with van der Waals surface area (Å²) in [5.41, 5.74) is -0.0847. The number of thioether (sulfide) groups is 2. The molecule has 0 radical (unpaired) electrons. The van der Waals surface area contributed by atoms with E-state index < -0.39 is 41.2 Å². The number of carboxylic acids is 1. The zero-order valence-electron chi connectivity index (χ0n) is 17.2. The number of aliphatic carboxylic acids is 1. The number of carboxylic acid groups (broad SMARTS) is 1. The van der Waals surface area contributed by atoms with Crippen molar-refractivity contribution in [3.63, 3.8) is 0 Å². The molecule has 0 unspecified atom stereocenters. The molecule has 2 aliphatic rings. The van der Waals surface area contributed by atoms with Gasteiger partial charge in [0, 0.05) is 24.5 Å². The van der Waals surface area contributed by atoms with Crippen LogP contribution in [0, 0.1) is 5.92 Å². The average molecular weight is 493 g/mol. The quantitative estimate of drug-likeness (QED) is 0.252. The van der Waals surface area contributed by atoms with Crippen LogP contribution in [0.15, 0.2) is 10.6 Å². The van der Waals surface area contributed by atoms with E-state index in [1.165, 1.54) is 49.2 Å². The molecule has 2 heterocycles. The Morgan fingerprint density at radius 2 is 1.77 bits per heavy atom. The third kappa shape index (κ3) is 6.34. The second-order valence-electron chi connectivity index (χ2n) is 6.78. The number of hydrogen-bond donors (Lipinski definition) is 2. The van der Waals surface area contributed by atoms with Crippen LogP contribution < -0.4 is 0 Å². The fraction of sp³-hybridized carbons (Fsp3) is 0.611. The van der Waals surface area contributed by atoms with E-state index in [4.69, 9.17) is 21.7 Å². The van der Waals surface area contributed by atoms with Gasteiger partial charge in [-0.25, -0.2) is 4.79 Å². The Balaban J connectivity index is 2.02. The maximum Gasteiger partial charge on any atom is 0.353 e. The molecule has 2 rings (SSSR count). The molecule has 2 N–H and O–H groups in total. The molecule has 13 heteroatoms. The molecule has 31 heavy (non-hydrogen) atoms. The average Bonchev–Trinajstić information content (AvgIpc) is 2.98. The fourth-order valence-corrected chi connectivity index (χ4v) is 6.03. The third-order valence-electron chi connectivity index (χ3n) is 4.49. The minimum absolute atomic E-state index is 0.0847. The van der Waals surface area contributed by atoms with E-state index in [1.54, 1.807) is 4.90 Å². The lowest BCUT2D eigenvalue weighted by Gasteiger charge is -2.43. The second kappa shape index (κ2) is 11.2. The Hall–Kier alpha value is -1.83. The van der Waals surface area contributed by atoms with Crippen molar-refractivity contribution >= 4 is 63.9 Å². The summed E-state index contributed by atoms with van der Waals surface area (Å²) in [5.74, 6) is -2.90. The van der Waals surface area contributed by atoms with Crippen molar-refractivity contribution in [1.82, 2.24) is 9.80 Å². The van der Waals surface area contributed by atoms with Crippen molar-refractivity contribution in [3.05, 3.63) is 10.6 Å². The SMILES string of the molecule is CC(=O)OCCN(CCOC(C)=O)C(=S)SCC1=C(C(=O)O)N2C(=O)[C@H]([C@@H](C)O)[C@H]2S1. The Kier molecular flexibility index (Phi) is 9.15. The number of amides is 1. The maximum atomic E-state index is 12.3. The van der Waals surface area contributed by atoms with E-state index in [1.807, 2.05) is 0 Å². The number of fused-ring (bicyclic) bond motifs is 1. The van der Waals surface area contributed by atoms with Gasteiger partial charge in [0.25, 0.3) is 0 Å². The minimum atomic E-state index is -1.21. The topological polar surface area (TPSA) is 134 Å². The molecule has 0 saturated carbocycles. The van der Waals surface area contributed by atoms with Crippen molar-refractivity contribution in [3.8, 4) is 0 Å². The number of esters is 2. The molecule has 0 spiro atoms. The number of thiocarbonyl (C=S) groups is 1. The van der Waals surface area contributed by atoms with E-state index in [-0.39, 0.29) is 37.8 Å². The number of aliphatic hydroxyl groups is 1. The highest BCUT2D eigenvalue weighted by atomic mass is 32.2. The Bertz CT molecular complexity index is 781. The first-order valence-electron chi connectivity index (χ1n) is 9.37. The number of β-lactam (4-membered cyclic amide) rings is 1. The van der Waals surface area contributed by atoms with Gasteiger partial charge < -0.3 is 24.6 Å². The van der Waals surface area contributed by atoms with Crippen LogP contribution in [0.3, 0.4) is 0 Å². The predicted molar refractivity (Wildman–Crippen MR) is 118 cm³/mol. The number of rotatable bonds is 10. The number of nitrogens with zero attached hydrogens (tertiary/aromatic N) is 2. The second-order valence-corrected chi connectivity index (χ2v) is 9.60. The minimum Gasteiger partial charge on any atom is -0.477 e. The lowest BCUT2D eigenvalue weighted by Crippen LogP contribution is -2.60. The molecular formula is C18H24N2O8S3. The first-order chi connectivity index (χ1) is 14.5. The van der Waals surface area contributed by atoms with Crippen molar-refractivity contribution in [1.29, 1.82) is 0 Å². The van der Waals surface area contributed by atoms with E-state index in [2.05, 4.69) is 0 Å². The molecule has 10 nitrogen and oxygen atoms in total. The van der Waals surface area contributed by atoms with Crippen LogP contribution in [0.25, 0.3) is 0 Å². The molecular weight excluding hydrogens is 468 g/mol. The van der Waals surface area contributed by atoms with Crippen LogP contribution >= 0.6 is 35.7 Å². The van der Waals surface area contributed by atoms with Crippen molar-refractivity contribution < 1.29 is 38.9 Å². The highest BCUT2D eigenvalue weighted by Crippen LogP contribution is 2.51. The van der Waals surface area contributed by atoms with Gasteiger partial charge in [-0.05, 0) is 6.92 Å². The van der Waals surface area contributed by atoms with E-state index >= 15 is 0 Å². The highest BCUT2D eigenvalue weighted by molar-refractivity contribution is 8.23. The van der Waals surface area contributed by atoms with Gasteiger partial charge in [0.1, 0.15) is 28.6 Å². The van der Waals surface area contributed by atoms with Crippen LogP contribution in [-0.2, 0) is 28.7 Å². The standard InChI is InChI=1S/C18H24N2O8S3/c1-9(21)13-15(24)20-14(17(25)26)12(31-16(13)20)8-30-18(29)19(4-6-27-10(2)22)5-7-28-11(3)23/h9,13,16,21H,4-8H2,1-3H3,(H,25,26)/t9-,13+,16-/m1/s1. The summed E-state index contributed by atoms with van der Waals surface area (Å²) in [7, 11) is 0. The summed E-state index contributed by atoms with van der Waals surface area (Å²) in [6, 6.07) is 0. The fourth-order valence-electron chi connectivity index (χ4n) is 3.07. The number of carbonyl (C=O) groups is 4. The molecule has 2 aliphatic heterocycles. The molecule has 0 aromatic carbocycles. The summed E-state index contributed by atoms with van der Waals surface area (Å²) in [5, 5.41) is 18.9. The lowest BCUT2D eigenvalue weighted by molar-refractivity contribution is -0.156. The summed E-state index contributed by atoms with van der Waals surface area (Å²) in [6.07, 6.45) is -0.873. The van der Waals surface area contributed by atoms with E-state index in [0.29, 0.717) is 9.23 Å². The summed E-state index contributed by atoms with van der Waals surface area (Å²) < 4.78 is 10.3. The Labute approximate surface area is 193 Å². The van der Waals surface area contributed by atoms with Gasteiger partial charge in [0.05, 0.1) is 25.1 Å². The molecule has 0 bridgehead atoms. The number of hydrogen-bond acceptors (Lipinski definition) is 10. The summed E-state index contributed by atoms with van der Waals surface area (Å²) in [4.78, 5) is 49.4. The molecule has 1 saturated heterocycles. The Morgan fingerprint density at radius 3 is 2.23 bits per heavy atom. The zero-order chi connectivity index (χ0) is 23.3. The van der Waals surface area contributed by atoms with Crippen LogP contribution in [0.4, 0.5) is 0 Å². The first kappa shape index (κ1) is 25.4. The van der Waals surface area contributed by atoms with Gasteiger partial charge in [-0.1, -0.05) is 24.0 Å². The van der Waals surface area contributed by atoms with E-state index in [0.717, 1.165) is 0 Å². The zero-order valence-corrected chi connectivity index (χ0v) is 19.7. The molecule has 1 fully saturated rings. The predicted octanol–water partition coefficient (Wildman–Crippen LogP) is 0.641. The van der Waals surface area contributed by atoms with Gasteiger partial charge in [0.15, 0.2) is 0 Å². The van der Waals surface area contributed by atoms with E-state index in [9.17, 15) is 29.4 Å². The maximum absolute atomic E-state index is 12.3. The smallest absolute Gasteiger partial charge is 0.353 e. The number of carbonyl (C=O) groups excluding carboxylic acids is 3. The van der Waals surface area contributed by atoms with Crippen molar-refractivity contribution in [2.45, 2.75) is 32.2 Å². The van der Waals surface area contributed by atoms with Gasteiger partial charge in [-0.15, -0.1) is 11.8 Å². The lowest BCUT2D eigenvalue weighted by atomic mass is 9.92. The summed E-state index contributed by atoms with van der Waals surface area (Å²) in [6.45, 7) is 4.83. The van der Waals surface area contributed by atoms with Gasteiger partial charge in [0.2, 0.25) is 5.91 Å². The van der Waals surface area contributed by atoms with Gasteiger partial charge >= 0.3 is 17.9 Å². The molecule has 0 aliphatic carbocycles. The molecule has 0 aromatic heterocycles. The molecule has 172 valence electrons. The monoisotopic (exact) mass is 492 g/mol. The van der Waals surface area contributed by atoms with Gasteiger partial charge in [-0.2, -0.15) is 0 Å². The molecule has 1 amide bonds. The van der Waals surface area contributed by atoms with Crippen molar-refractivity contribution in [2.75, 3.05) is 32.1 Å². The number of ether oxygens (including phenoxy) is 2. The third-order valence-corrected chi connectivity index (χ3v) is 7.59. The Morgan fingerprint density at radius 1 is 1.23 bits per heavy atom. The van der Waals surface area contributed by atoms with Crippen LogP contribution in [0.2, 0.25) is 0 Å². The first-order valence-corrected chi connectivity index (χ1v) is 11.6. The van der Waals surface area contributed by atoms with Gasteiger partial charge in [-0.3, -0.25) is 19.3 Å². The largest absolute Gasteiger partial charge is 0.477 e. The summed E-state index contributed by atoms with van der Waals surface area (Å²) >= 11 is 7.88. The molecule has 0 aromatic rings. The highest BCUT2D eigenvalue weighted by Gasteiger charge is 2.57. The van der Waals surface area contributed by atoms with Crippen LogP contribution in [0.5, 0.6) is 0 Å². The van der Waals surface area contributed by atoms with Crippen LogP contribution in [-0.4, -0.2) is 91.7 Å². The van der Waals surface area contributed by atoms with Crippen molar-refractivity contribution in [2.24, 2.45) is 5.92 Å². The number of aliphatic hydroxyl groups excluding tert-OH is 1.